The molecule has 0 aliphatic rings. The monoisotopic (exact) mass is 326 g/mol. The first kappa shape index (κ1) is 14.2. The van der Waals surface area contributed by atoms with Gasteiger partial charge in [0.05, 0.1) is 0 Å². The highest BCUT2D eigenvalue weighted by molar-refractivity contribution is 9.10. The molecule has 0 aliphatic carbocycles. The van der Waals surface area contributed by atoms with Crippen molar-refractivity contribution in [2.45, 2.75) is 18.9 Å². The lowest BCUT2D eigenvalue weighted by Crippen LogP contribution is -2.29. The summed E-state index contributed by atoms with van der Waals surface area (Å²) in [6, 6.07) is 6.47. The van der Waals surface area contributed by atoms with Crippen LogP contribution >= 0.6 is 15.9 Å². The molecule has 4 nitrogen and oxygen atoms in total. The average molecular weight is 327 g/mol. The first-order chi connectivity index (χ1) is 9.11. The quantitative estimate of drug-likeness (QED) is 0.655. The van der Waals surface area contributed by atoms with Gasteiger partial charge in [-0.25, -0.2) is 4.39 Å². The number of hydrazine groups is 1. The Labute approximate surface area is 119 Å². The third kappa shape index (κ3) is 3.40. The van der Waals surface area contributed by atoms with E-state index in [0.29, 0.717) is 0 Å². The van der Waals surface area contributed by atoms with Crippen molar-refractivity contribution in [2.75, 3.05) is 0 Å². The number of nitrogens with zero attached hydrogens (tertiary/aromatic N) is 2. The van der Waals surface area contributed by atoms with Gasteiger partial charge in [-0.2, -0.15) is 5.10 Å². The van der Waals surface area contributed by atoms with Crippen molar-refractivity contribution < 1.29 is 4.39 Å². The lowest BCUT2D eigenvalue weighted by atomic mass is 10.0. The first-order valence-corrected chi connectivity index (χ1v) is 6.79. The SMILES string of the molecule is Cn1nccc1CCC(NN)c1cc(F)ccc1Br. The minimum absolute atomic E-state index is 0.111. The van der Waals surface area contributed by atoms with Crippen LogP contribution in [0.15, 0.2) is 34.9 Å². The molecule has 0 radical (unpaired) electrons. The molecule has 0 saturated carbocycles. The third-order valence-corrected chi connectivity index (χ3v) is 3.87. The van der Waals surface area contributed by atoms with Gasteiger partial charge >= 0.3 is 0 Å². The summed E-state index contributed by atoms with van der Waals surface area (Å²) < 4.78 is 16.0. The molecule has 1 aromatic carbocycles. The fourth-order valence-corrected chi connectivity index (χ4v) is 2.57. The van der Waals surface area contributed by atoms with E-state index in [4.69, 9.17) is 5.84 Å². The topological polar surface area (TPSA) is 55.9 Å². The molecule has 0 fully saturated rings. The summed E-state index contributed by atoms with van der Waals surface area (Å²) in [5, 5.41) is 4.12. The number of aromatic nitrogens is 2. The summed E-state index contributed by atoms with van der Waals surface area (Å²) in [6.07, 6.45) is 3.34. The highest BCUT2D eigenvalue weighted by Gasteiger charge is 2.14. The molecule has 0 saturated heterocycles. The molecule has 1 heterocycles. The van der Waals surface area contributed by atoms with Crippen LogP contribution in [0.25, 0.3) is 0 Å². The van der Waals surface area contributed by atoms with Crippen molar-refractivity contribution in [3.05, 3.63) is 52.0 Å². The molecular formula is C13H16BrFN4. The average Bonchev–Trinajstić information content (AvgIpc) is 2.80. The van der Waals surface area contributed by atoms with Crippen LogP contribution in [-0.2, 0) is 13.5 Å². The van der Waals surface area contributed by atoms with E-state index in [1.54, 1.807) is 12.3 Å². The number of aryl methyl sites for hydroxylation is 2. The Balaban J connectivity index is 2.12. The second-order valence-electron chi connectivity index (χ2n) is 4.37. The van der Waals surface area contributed by atoms with Crippen molar-refractivity contribution in [3.63, 3.8) is 0 Å². The van der Waals surface area contributed by atoms with Gasteiger partial charge in [-0.1, -0.05) is 15.9 Å². The maximum atomic E-state index is 13.3. The highest BCUT2D eigenvalue weighted by Crippen LogP contribution is 2.27. The van der Waals surface area contributed by atoms with Gasteiger partial charge in [-0.15, -0.1) is 0 Å². The Morgan fingerprint density at radius 2 is 2.26 bits per heavy atom. The second-order valence-corrected chi connectivity index (χ2v) is 5.22. The lowest BCUT2D eigenvalue weighted by Gasteiger charge is -2.18. The first-order valence-electron chi connectivity index (χ1n) is 5.99. The summed E-state index contributed by atoms with van der Waals surface area (Å²) in [6.45, 7) is 0. The number of nitrogens with two attached hydrogens (primary N) is 1. The van der Waals surface area contributed by atoms with E-state index in [2.05, 4.69) is 26.5 Å². The number of halogens is 2. The Morgan fingerprint density at radius 3 is 2.89 bits per heavy atom. The van der Waals surface area contributed by atoms with E-state index in [9.17, 15) is 4.39 Å². The number of nitrogens with one attached hydrogen (secondary N) is 1. The summed E-state index contributed by atoms with van der Waals surface area (Å²) in [5.41, 5.74) is 4.68. The molecule has 0 amide bonds. The minimum Gasteiger partial charge on any atom is -0.273 e. The Hall–Kier alpha value is -1.24. The van der Waals surface area contributed by atoms with Crippen molar-refractivity contribution >= 4 is 15.9 Å². The van der Waals surface area contributed by atoms with Crippen LogP contribution in [0, 0.1) is 5.82 Å². The van der Waals surface area contributed by atoms with E-state index in [-0.39, 0.29) is 11.9 Å². The number of rotatable bonds is 5. The van der Waals surface area contributed by atoms with Gasteiger partial charge in [-0.05, 0) is 42.7 Å². The van der Waals surface area contributed by atoms with Crippen LogP contribution < -0.4 is 11.3 Å². The maximum absolute atomic E-state index is 13.3. The predicted molar refractivity (Wildman–Crippen MR) is 75.7 cm³/mol. The molecule has 102 valence electrons. The van der Waals surface area contributed by atoms with Gasteiger partial charge in [0.25, 0.3) is 0 Å². The van der Waals surface area contributed by atoms with Crippen LogP contribution in [0.4, 0.5) is 4.39 Å². The maximum Gasteiger partial charge on any atom is 0.123 e. The standard InChI is InChI=1S/C13H16BrFN4/c1-19-10(6-7-17-19)3-5-13(18-16)11-8-9(15)2-4-12(11)14/h2,4,6-8,13,18H,3,5,16H2,1H3. The predicted octanol–water partition coefficient (Wildman–Crippen LogP) is 2.46. The molecule has 2 rings (SSSR count). The molecule has 6 heteroatoms. The van der Waals surface area contributed by atoms with E-state index in [0.717, 1.165) is 28.6 Å². The third-order valence-electron chi connectivity index (χ3n) is 3.15. The van der Waals surface area contributed by atoms with Crippen molar-refractivity contribution in [1.29, 1.82) is 0 Å². The Morgan fingerprint density at radius 1 is 1.47 bits per heavy atom. The molecule has 3 N–H and O–H groups in total. The molecule has 1 atom stereocenters. The fourth-order valence-electron chi connectivity index (χ4n) is 2.05. The summed E-state index contributed by atoms with van der Waals surface area (Å²) >= 11 is 3.43. The number of hydrogen-bond donors (Lipinski definition) is 2. The smallest absolute Gasteiger partial charge is 0.123 e. The molecular weight excluding hydrogens is 311 g/mol. The number of hydrogen-bond acceptors (Lipinski definition) is 3. The second kappa shape index (κ2) is 6.27. The zero-order valence-corrected chi connectivity index (χ0v) is 12.2. The van der Waals surface area contributed by atoms with Crippen LogP contribution in [-0.4, -0.2) is 9.78 Å². The molecule has 0 bridgehead atoms. The summed E-state index contributed by atoms with van der Waals surface area (Å²) in [7, 11) is 1.90. The van der Waals surface area contributed by atoms with Crippen LogP contribution in [0.2, 0.25) is 0 Å². The van der Waals surface area contributed by atoms with Gasteiger partial charge in [0, 0.05) is 29.5 Å². The van der Waals surface area contributed by atoms with Gasteiger partial charge in [0.2, 0.25) is 0 Å². The van der Waals surface area contributed by atoms with E-state index in [1.807, 2.05) is 17.8 Å². The highest BCUT2D eigenvalue weighted by atomic mass is 79.9. The van der Waals surface area contributed by atoms with Crippen LogP contribution in [0.1, 0.15) is 23.7 Å². The van der Waals surface area contributed by atoms with Crippen molar-refractivity contribution in [3.8, 4) is 0 Å². The zero-order valence-electron chi connectivity index (χ0n) is 10.6. The molecule has 2 aromatic rings. The van der Waals surface area contributed by atoms with E-state index >= 15 is 0 Å². The van der Waals surface area contributed by atoms with Gasteiger partial charge in [-0.3, -0.25) is 16.0 Å². The molecule has 1 unspecified atom stereocenters. The molecule has 0 spiro atoms. The fraction of sp³-hybridized carbons (Fsp3) is 0.308. The van der Waals surface area contributed by atoms with Gasteiger partial charge in [0.15, 0.2) is 0 Å². The largest absolute Gasteiger partial charge is 0.273 e. The Bertz CT molecular complexity index is 555. The summed E-state index contributed by atoms with van der Waals surface area (Å²) in [4.78, 5) is 0. The van der Waals surface area contributed by atoms with Crippen LogP contribution in [0.5, 0.6) is 0 Å². The van der Waals surface area contributed by atoms with E-state index < -0.39 is 0 Å². The van der Waals surface area contributed by atoms with Crippen molar-refractivity contribution in [2.24, 2.45) is 12.9 Å². The molecule has 19 heavy (non-hydrogen) atoms. The Kier molecular flexibility index (Phi) is 4.68. The zero-order chi connectivity index (χ0) is 13.8. The van der Waals surface area contributed by atoms with Gasteiger partial charge in [0.1, 0.15) is 5.82 Å². The lowest BCUT2D eigenvalue weighted by molar-refractivity contribution is 0.501. The van der Waals surface area contributed by atoms with E-state index in [1.165, 1.54) is 12.1 Å². The summed E-state index contributed by atoms with van der Waals surface area (Å²) in [5.74, 6) is 5.32. The molecule has 1 aromatic heterocycles. The van der Waals surface area contributed by atoms with Crippen molar-refractivity contribution in [1.82, 2.24) is 15.2 Å². The normalized spacial score (nSPS) is 12.6. The molecule has 0 aliphatic heterocycles. The number of benzene rings is 1. The van der Waals surface area contributed by atoms with Gasteiger partial charge < -0.3 is 0 Å². The minimum atomic E-state index is -0.265. The van der Waals surface area contributed by atoms with Crippen LogP contribution in [0.3, 0.4) is 0 Å².